The Kier molecular flexibility index (Phi) is 9.80. The molecular formula is C30H44N4O5. The van der Waals surface area contributed by atoms with Crippen LogP contribution in [0.15, 0.2) is 54.7 Å². The summed E-state index contributed by atoms with van der Waals surface area (Å²) in [7, 11) is 0. The lowest BCUT2D eigenvalue weighted by Crippen LogP contribution is -2.50. The number of ether oxygens (including phenoxy) is 3. The molecule has 2 amide bonds. The molecule has 3 saturated heterocycles. The maximum absolute atomic E-state index is 12.3. The van der Waals surface area contributed by atoms with E-state index in [-0.39, 0.29) is 48.0 Å². The van der Waals surface area contributed by atoms with Crippen molar-refractivity contribution < 1.29 is 23.8 Å². The molecular weight excluding hydrogens is 496 g/mol. The summed E-state index contributed by atoms with van der Waals surface area (Å²) in [5.41, 5.74) is 1.02. The minimum absolute atomic E-state index is 0.0172. The van der Waals surface area contributed by atoms with Crippen LogP contribution in [0, 0.1) is 11.8 Å². The molecule has 3 aliphatic rings. The Balaban J connectivity index is 1.24. The van der Waals surface area contributed by atoms with Crippen LogP contribution in [0.1, 0.15) is 60.3 Å². The number of epoxide rings is 1. The van der Waals surface area contributed by atoms with Crippen molar-refractivity contribution >= 4 is 11.9 Å². The Morgan fingerprint density at radius 1 is 1.21 bits per heavy atom. The number of carbonyl (C=O) groups is 2. The number of amides is 2. The highest BCUT2D eigenvalue weighted by molar-refractivity contribution is 5.87. The quantitative estimate of drug-likeness (QED) is 0.277. The second-order valence-corrected chi connectivity index (χ2v) is 11.7. The fourth-order valence-electron chi connectivity index (χ4n) is 5.30. The molecule has 1 aromatic rings. The van der Waals surface area contributed by atoms with Crippen molar-refractivity contribution in [3.63, 3.8) is 0 Å². The fraction of sp³-hybridized carbons (Fsp3) is 0.633. The number of hydrogen-bond donors (Lipinski definition) is 2. The summed E-state index contributed by atoms with van der Waals surface area (Å²) < 4.78 is 19.8. The lowest BCUT2D eigenvalue weighted by atomic mass is 9.88. The zero-order valence-electron chi connectivity index (χ0n) is 23.8. The van der Waals surface area contributed by atoms with Gasteiger partial charge in [0, 0.05) is 31.8 Å². The Hall–Kier alpha value is -2.75. The van der Waals surface area contributed by atoms with Crippen LogP contribution < -0.4 is 10.6 Å². The van der Waals surface area contributed by atoms with E-state index >= 15 is 0 Å². The van der Waals surface area contributed by atoms with Crippen LogP contribution in [0.25, 0.3) is 0 Å². The lowest BCUT2D eigenvalue weighted by Gasteiger charge is -2.39. The van der Waals surface area contributed by atoms with Crippen LogP contribution in [0.3, 0.4) is 0 Å². The van der Waals surface area contributed by atoms with E-state index in [2.05, 4.69) is 61.5 Å². The molecule has 214 valence electrons. The Morgan fingerprint density at radius 2 is 2.00 bits per heavy atom. The number of imidazole rings is 1. The summed E-state index contributed by atoms with van der Waals surface area (Å²) in [5, 5.41) is 6.03. The maximum atomic E-state index is 12.3. The van der Waals surface area contributed by atoms with Gasteiger partial charge in [-0.3, -0.25) is 9.36 Å². The number of aromatic nitrogens is 2. The normalized spacial score (nSPS) is 33.2. The van der Waals surface area contributed by atoms with Gasteiger partial charge in [0.2, 0.25) is 5.91 Å². The van der Waals surface area contributed by atoms with E-state index in [1.165, 1.54) is 10.9 Å². The first-order chi connectivity index (χ1) is 18.6. The third kappa shape index (κ3) is 8.62. The third-order valence-electron chi connectivity index (χ3n) is 7.74. The van der Waals surface area contributed by atoms with Crippen molar-refractivity contribution in [2.45, 2.75) is 96.4 Å². The minimum atomic E-state index is -0.219. The van der Waals surface area contributed by atoms with Crippen molar-refractivity contribution in [2.75, 3.05) is 13.2 Å². The Labute approximate surface area is 232 Å². The van der Waals surface area contributed by atoms with Gasteiger partial charge in [0.15, 0.2) is 0 Å². The van der Waals surface area contributed by atoms with E-state index in [4.69, 9.17) is 14.2 Å². The molecule has 1 aromatic heterocycles. The lowest BCUT2D eigenvalue weighted by molar-refractivity contribution is -0.123. The zero-order valence-corrected chi connectivity index (χ0v) is 23.8. The minimum Gasteiger partial charge on any atom is -0.373 e. The van der Waals surface area contributed by atoms with Gasteiger partial charge in [-0.05, 0) is 44.6 Å². The maximum Gasteiger partial charge on any atom is 0.326 e. The van der Waals surface area contributed by atoms with Crippen molar-refractivity contribution in [2.24, 2.45) is 11.8 Å². The van der Waals surface area contributed by atoms with Gasteiger partial charge in [-0.2, -0.15) is 0 Å². The number of nitrogens with zero attached hydrogens (tertiary/aromatic N) is 2. The average molecular weight is 541 g/mol. The van der Waals surface area contributed by atoms with Crippen LogP contribution in [0.4, 0.5) is 4.79 Å². The average Bonchev–Trinajstić information content (AvgIpc) is 3.38. The van der Waals surface area contributed by atoms with Gasteiger partial charge in [-0.1, -0.05) is 50.6 Å². The second kappa shape index (κ2) is 13.1. The third-order valence-corrected chi connectivity index (χ3v) is 7.74. The summed E-state index contributed by atoms with van der Waals surface area (Å²) in [5.74, 6) is 0.626. The van der Waals surface area contributed by atoms with Crippen LogP contribution in [0.5, 0.6) is 0 Å². The number of rotatable bonds is 9. The number of carbonyl (C=O) groups excluding carboxylic acids is 2. The molecule has 9 nitrogen and oxygen atoms in total. The van der Waals surface area contributed by atoms with E-state index < -0.39 is 0 Å². The first-order valence-electron chi connectivity index (χ1n) is 14.2. The molecule has 0 unspecified atom stereocenters. The highest BCUT2D eigenvalue weighted by atomic mass is 16.6. The summed E-state index contributed by atoms with van der Waals surface area (Å²) in [4.78, 5) is 28.4. The van der Waals surface area contributed by atoms with E-state index in [0.29, 0.717) is 18.4 Å². The number of hydrogen-bond acceptors (Lipinski definition) is 6. The molecule has 39 heavy (non-hydrogen) atoms. The highest BCUT2D eigenvalue weighted by Gasteiger charge is 2.51. The molecule has 0 bridgehead atoms. The van der Waals surface area contributed by atoms with Gasteiger partial charge in [0.05, 0.1) is 42.7 Å². The van der Waals surface area contributed by atoms with Crippen LogP contribution in [0.2, 0.25) is 0 Å². The van der Waals surface area contributed by atoms with Gasteiger partial charge in [-0.15, -0.1) is 0 Å². The monoisotopic (exact) mass is 540 g/mol. The summed E-state index contributed by atoms with van der Waals surface area (Å²) in [6.45, 7) is 11.6. The van der Waals surface area contributed by atoms with Crippen molar-refractivity contribution in [1.29, 1.82) is 0 Å². The SMILES string of the molecule is CC(/C=C/[C@@H]1C[C@]2(CO2)C[C@@H](CNC(=O)n2ccnc2)O1)=C\C[C@@H]1O[C@H](C)[C@H](NC(=O)/C=C\C(C)C)C[C@@H]1C. The predicted octanol–water partition coefficient (Wildman–Crippen LogP) is 4.16. The first kappa shape index (κ1) is 29.2. The summed E-state index contributed by atoms with van der Waals surface area (Å²) in [6.07, 6.45) is 17.8. The van der Waals surface area contributed by atoms with Gasteiger partial charge in [0.1, 0.15) is 6.33 Å². The van der Waals surface area contributed by atoms with E-state index in [9.17, 15) is 9.59 Å². The summed E-state index contributed by atoms with van der Waals surface area (Å²) >= 11 is 0. The van der Waals surface area contributed by atoms with Gasteiger partial charge in [-0.25, -0.2) is 9.78 Å². The smallest absolute Gasteiger partial charge is 0.326 e. The summed E-state index contributed by atoms with van der Waals surface area (Å²) in [6, 6.07) is -0.202. The Bertz CT molecular complexity index is 1060. The Morgan fingerprint density at radius 3 is 2.69 bits per heavy atom. The molecule has 3 aliphatic heterocycles. The van der Waals surface area contributed by atoms with Crippen molar-refractivity contribution in [3.05, 3.63) is 54.7 Å². The molecule has 2 N–H and O–H groups in total. The highest BCUT2D eigenvalue weighted by Crippen LogP contribution is 2.42. The van der Waals surface area contributed by atoms with Crippen LogP contribution in [-0.2, 0) is 19.0 Å². The number of nitrogens with one attached hydrogen (secondary N) is 2. The van der Waals surface area contributed by atoms with Gasteiger partial charge < -0.3 is 24.8 Å². The van der Waals surface area contributed by atoms with Gasteiger partial charge in [0.25, 0.3) is 0 Å². The largest absolute Gasteiger partial charge is 0.373 e. The molecule has 4 heterocycles. The molecule has 9 heteroatoms. The fourth-order valence-corrected chi connectivity index (χ4v) is 5.30. The topological polar surface area (TPSA) is 107 Å². The number of allylic oxidation sites excluding steroid dienone is 3. The van der Waals surface area contributed by atoms with Crippen molar-refractivity contribution in [1.82, 2.24) is 20.2 Å². The van der Waals surface area contributed by atoms with E-state index in [0.717, 1.165) is 37.9 Å². The predicted molar refractivity (Wildman–Crippen MR) is 149 cm³/mol. The molecule has 0 saturated carbocycles. The molecule has 3 fully saturated rings. The van der Waals surface area contributed by atoms with Gasteiger partial charge >= 0.3 is 6.03 Å². The van der Waals surface area contributed by atoms with Crippen molar-refractivity contribution in [3.8, 4) is 0 Å². The molecule has 4 rings (SSSR count). The second-order valence-electron chi connectivity index (χ2n) is 11.7. The van der Waals surface area contributed by atoms with Crippen LogP contribution in [-0.4, -0.2) is 70.7 Å². The molecule has 0 radical (unpaired) electrons. The molecule has 0 aliphatic carbocycles. The van der Waals surface area contributed by atoms with Crippen LogP contribution >= 0.6 is 0 Å². The first-order valence-corrected chi connectivity index (χ1v) is 14.2. The molecule has 1 spiro atoms. The standard InChI is InChI=1S/C30H44N4O5/c1-20(2)6-11-28(35)33-26-14-22(4)27(38-23(26)5)10-8-21(3)7-9-24-15-30(18-37-30)16-25(39-24)17-32-29(36)34-13-12-31-19-34/h6-9,11-13,19-20,22-27H,10,14-18H2,1-5H3,(H,32,36)(H,33,35)/b9-7+,11-6-,21-8+/t22-,23+,24+,25-,26+,27-,30+/m0/s1. The zero-order chi connectivity index (χ0) is 28.0. The van der Waals surface area contributed by atoms with E-state index in [1.54, 1.807) is 18.5 Å². The molecule has 0 aromatic carbocycles. The molecule has 7 atom stereocenters. The van der Waals surface area contributed by atoms with E-state index in [1.807, 2.05) is 13.0 Å².